The Hall–Kier alpha value is -3.42. The molecule has 0 saturated heterocycles. The van der Waals surface area contributed by atoms with E-state index in [2.05, 4.69) is 0 Å². The van der Waals surface area contributed by atoms with E-state index in [9.17, 15) is 23.9 Å². The summed E-state index contributed by atoms with van der Waals surface area (Å²) in [7, 11) is 0. The van der Waals surface area contributed by atoms with Crippen molar-refractivity contribution in [2.45, 2.75) is 6.92 Å². The first-order chi connectivity index (χ1) is 11.9. The Bertz CT molecular complexity index is 822. The number of aryl methyl sites for hydroxylation is 1. The number of esters is 1. The second-order valence-electron chi connectivity index (χ2n) is 5.08. The van der Waals surface area contributed by atoms with Crippen molar-refractivity contribution in [1.82, 2.24) is 10.9 Å². The number of rotatable bonds is 4. The lowest BCUT2D eigenvalue weighted by atomic mass is 10.1. The fourth-order valence-electron chi connectivity index (χ4n) is 1.90. The van der Waals surface area contributed by atoms with Gasteiger partial charge >= 0.3 is 5.97 Å². The minimum atomic E-state index is -0.892. The largest absolute Gasteiger partial charge is 0.507 e. The summed E-state index contributed by atoms with van der Waals surface area (Å²) in [6, 6.07) is 9.60. The zero-order valence-electron chi connectivity index (χ0n) is 13.2. The molecular weight excluding hydrogens is 331 g/mol. The molecule has 7 nitrogen and oxygen atoms in total. The normalized spacial score (nSPS) is 10.0. The second kappa shape index (κ2) is 7.91. The molecule has 0 spiro atoms. The quantitative estimate of drug-likeness (QED) is 0.574. The average molecular weight is 346 g/mol. The molecular formula is C17H15FN2O5. The molecule has 25 heavy (non-hydrogen) atoms. The first kappa shape index (κ1) is 17.9. The summed E-state index contributed by atoms with van der Waals surface area (Å²) in [4.78, 5) is 35.1. The fourth-order valence-corrected chi connectivity index (χ4v) is 1.90. The van der Waals surface area contributed by atoms with Gasteiger partial charge in [0, 0.05) is 0 Å². The Morgan fingerprint density at radius 2 is 1.80 bits per heavy atom. The number of ether oxygens (including phenoxy) is 1. The van der Waals surface area contributed by atoms with E-state index in [0.717, 1.165) is 11.6 Å². The van der Waals surface area contributed by atoms with Crippen molar-refractivity contribution in [2.24, 2.45) is 0 Å². The third-order valence-electron chi connectivity index (χ3n) is 3.14. The lowest BCUT2D eigenvalue weighted by molar-refractivity contribution is -0.125. The maximum atomic E-state index is 13.4. The summed E-state index contributed by atoms with van der Waals surface area (Å²) in [5.74, 6) is -3.59. The molecule has 0 bridgehead atoms. The summed E-state index contributed by atoms with van der Waals surface area (Å²) in [6.45, 7) is 1.03. The molecule has 0 unspecified atom stereocenters. The maximum absolute atomic E-state index is 13.4. The van der Waals surface area contributed by atoms with E-state index in [1.165, 1.54) is 30.3 Å². The SMILES string of the molecule is Cc1ccc(O)c(C(=O)OCC(=O)NNC(=O)c2ccccc2F)c1. The first-order valence-corrected chi connectivity index (χ1v) is 7.19. The van der Waals surface area contributed by atoms with Crippen molar-refractivity contribution >= 4 is 17.8 Å². The van der Waals surface area contributed by atoms with Crippen molar-refractivity contribution in [3.8, 4) is 5.75 Å². The van der Waals surface area contributed by atoms with Gasteiger partial charge in [-0.15, -0.1) is 0 Å². The number of halogens is 1. The monoisotopic (exact) mass is 346 g/mol. The summed E-state index contributed by atoms with van der Waals surface area (Å²) in [6.07, 6.45) is 0. The Morgan fingerprint density at radius 1 is 1.08 bits per heavy atom. The van der Waals surface area contributed by atoms with Gasteiger partial charge in [0.05, 0.1) is 5.56 Å². The number of hydrazine groups is 1. The molecule has 0 aliphatic carbocycles. The van der Waals surface area contributed by atoms with Crippen LogP contribution in [0.15, 0.2) is 42.5 Å². The van der Waals surface area contributed by atoms with Crippen LogP contribution in [-0.2, 0) is 9.53 Å². The van der Waals surface area contributed by atoms with E-state index in [1.54, 1.807) is 13.0 Å². The van der Waals surface area contributed by atoms with Gasteiger partial charge in [-0.25, -0.2) is 9.18 Å². The smallest absolute Gasteiger partial charge is 0.342 e. The standard InChI is InChI=1S/C17H15FN2O5/c1-10-6-7-14(21)12(8-10)17(24)25-9-15(22)19-20-16(23)11-4-2-3-5-13(11)18/h2-8,21H,9H2,1H3,(H,19,22)(H,20,23). The van der Waals surface area contributed by atoms with Gasteiger partial charge in [0.1, 0.15) is 17.1 Å². The summed E-state index contributed by atoms with van der Waals surface area (Å²) < 4.78 is 18.2. The Morgan fingerprint density at radius 3 is 2.52 bits per heavy atom. The molecule has 3 N–H and O–H groups in total. The minimum Gasteiger partial charge on any atom is -0.507 e. The van der Waals surface area contributed by atoms with Crippen LogP contribution in [0.2, 0.25) is 0 Å². The number of phenols is 1. The van der Waals surface area contributed by atoms with E-state index in [0.29, 0.717) is 0 Å². The number of carbonyl (C=O) groups is 3. The predicted octanol–water partition coefficient (Wildman–Crippen LogP) is 1.46. The van der Waals surface area contributed by atoms with Gasteiger partial charge in [0.15, 0.2) is 6.61 Å². The van der Waals surface area contributed by atoms with Gasteiger partial charge in [-0.1, -0.05) is 23.8 Å². The number of aromatic hydroxyl groups is 1. The molecule has 2 amide bonds. The summed E-state index contributed by atoms with van der Waals surface area (Å²) >= 11 is 0. The molecule has 0 radical (unpaired) electrons. The molecule has 8 heteroatoms. The van der Waals surface area contributed by atoms with Gasteiger partial charge in [-0.3, -0.25) is 20.4 Å². The molecule has 0 aromatic heterocycles. The van der Waals surface area contributed by atoms with Crippen LogP contribution in [0, 0.1) is 12.7 Å². The van der Waals surface area contributed by atoms with Crippen LogP contribution in [0.5, 0.6) is 5.75 Å². The Kier molecular flexibility index (Phi) is 5.67. The first-order valence-electron chi connectivity index (χ1n) is 7.19. The molecule has 2 aromatic rings. The van der Waals surface area contributed by atoms with Crippen LogP contribution >= 0.6 is 0 Å². The highest BCUT2D eigenvalue weighted by Gasteiger charge is 2.16. The summed E-state index contributed by atoms with van der Waals surface area (Å²) in [5, 5.41) is 9.60. The zero-order chi connectivity index (χ0) is 18.4. The average Bonchev–Trinajstić information content (AvgIpc) is 2.60. The molecule has 0 atom stereocenters. The van der Waals surface area contributed by atoms with E-state index in [-0.39, 0.29) is 16.9 Å². The Labute approximate surface area is 142 Å². The molecule has 2 rings (SSSR count). The zero-order valence-corrected chi connectivity index (χ0v) is 13.2. The highest BCUT2D eigenvalue weighted by atomic mass is 19.1. The molecule has 2 aromatic carbocycles. The fraction of sp³-hybridized carbons (Fsp3) is 0.118. The van der Waals surface area contributed by atoms with Crippen LogP contribution in [0.3, 0.4) is 0 Å². The van der Waals surface area contributed by atoms with Crippen molar-refractivity contribution < 1.29 is 28.6 Å². The third-order valence-corrected chi connectivity index (χ3v) is 3.14. The van der Waals surface area contributed by atoms with E-state index in [4.69, 9.17) is 4.74 Å². The number of amides is 2. The minimum absolute atomic E-state index is 0.0804. The highest BCUT2D eigenvalue weighted by molar-refractivity contribution is 5.96. The predicted molar refractivity (Wildman–Crippen MR) is 85.1 cm³/mol. The van der Waals surface area contributed by atoms with E-state index in [1.807, 2.05) is 10.9 Å². The third kappa shape index (κ3) is 4.77. The van der Waals surface area contributed by atoms with Gasteiger partial charge in [-0.2, -0.15) is 0 Å². The van der Waals surface area contributed by atoms with Gasteiger partial charge < -0.3 is 9.84 Å². The van der Waals surface area contributed by atoms with Crippen molar-refractivity contribution in [3.05, 3.63) is 65.0 Å². The number of benzene rings is 2. The topological polar surface area (TPSA) is 105 Å². The van der Waals surface area contributed by atoms with Gasteiger partial charge in [0.2, 0.25) is 0 Å². The number of carbonyl (C=O) groups excluding carboxylic acids is 3. The number of nitrogens with one attached hydrogen (secondary N) is 2. The van der Waals surface area contributed by atoms with E-state index >= 15 is 0 Å². The van der Waals surface area contributed by atoms with Crippen LogP contribution in [0.1, 0.15) is 26.3 Å². The lowest BCUT2D eigenvalue weighted by Gasteiger charge is -2.09. The maximum Gasteiger partial charge on any atom is 0.342 e. The molecule has 0 aliphatic heterocycles. The van der Waals surface area contributed by atoms with Crippen LogP contribution in [0.4, 0.5) is 4.39 Å². The molecule has 0 aliphatic rings. The molecule has 0 heterocycles. The summed E-state index contributed by atoms with van der Waals surface area (Å²) in [5.41, 5.74) is 4.40. The molecule has 0 fully saturated rings. The van der Waals surface area contributed by atoms with E-state index < -0.39 is 30.2 Å². The van der Waals surface area contributed by atoms with Crippen LogP contribution in [-0.4, -0.2) is 29.5 Å². The van der Waals surface area contributed by atoms with Gasteiger partial charge in [0.25, 0.3) is 11.8 Å². The van der Waals surface area contributed by atoms with Gasteiger partial charge in [-0.05, 0) is 31.2 Å². The molecule has 0 saturated carbocycles. The van der Waals surface area contributed by atoms with Crippen molar-refractivity contribution in [1.29, 1.82) is 0 Å². The number of hydrogen-bond donors (Lipinski definition) is 3. The van der Waals surface area contributed by atoms with Crippen molar-refractivity contribution in [2.75, 3.05) is 6.61 Å². The number of hydrogen-bond acceptors (Lipinski definition) is 5. The van der Waals surface area contributed by atoms with Crippen molar-refractivity contribution in [3.63, 3.8) is 0 Å². The van der Waals surface area contributed by atoms with Crippen LogP contribution < -0.4 is 10.9 Å². The number of phenolic OH excluding ortho intramolecular Hbond substituents is 1. The van der Waals surface area contributed by atoms with Crippen LogP contribution in [0.25, 0.3) is 0 Å². The lowest BCUT2D eigenvalue weighted by Crippen LogP contribution is -2.43. The highest BCUT2D eigenvalue weighted by Crippen LogP contribution is 2.18. The second-order valence-corrected chi connectivity index (χ2v) is 5.08. The Balaban J connectivity index is 1.85. The molecule has 130 valence electrons.